The molecule has 2 saturated carbocycles. The van der Waals surface area contributed by atoms with Gasteiger partial charge in [0.2, 0.25) is 0 Å². The summed E-state index contributed by atoms with van der Waals surface area (Å²) in [4.78, 5) is 0. The molecule has 4 heteroatoms. The molecule has 0 aliphatic heterocycles. The molecule has 1 aromatic rings. The van der Waals surface area contributed by atoms with Crippen LogP contribution in [0.1, 0.15) is 25.7 Å². The molecule has 3 atom stereocenters. The van der Waals surface area contributed by atoms with E-state index in [-0.39, 0.29) is 0 Å². The number of fused-ring (bicyclic) bond motifs is 2. The molecule has 3 rings (SSSR count). The molecule has 1 aromatic carbocycles. The molecule has 102 valence electrons. The van der Waals surface area contributed by atoms with Crippen LogP contribution in [0.2, 0.25) is 0 Å². The normalized spacial score (nSPS) is 28.2. The number of ether oxygens (including phenoxy) is 1. The number of para-hydroxylation sites is 2. The Labute approximate surface area is 119 Å². The Morgan fingerprint density at radius 3 is 2.79 bits per heavy atom. The van der Waals surface area contributed by atoms with Gasteiger partial charge in [-0.3, -0.25) is 0 Å². The van der Waals surface area contributed by atoms with Crippen molar-refractivity contribution in [2.75, 3.05) is 12.4 Å². The topological polar surface area (TPSA) is 33.3 Å². The number of benzene rings is 1. The standard InChI is InChI=1S/C15H20N2OS/c1-18-14-5-3-2-4-12(14)16-15(19)17-13-9-10-6-7-11(13)8-10/h2-5,10-11,13H,6-9H2,1H3,(H2,16,17,19)/t10-,11+,13-/m0/s1. The number of nitrogens with one attached hydrogen (secondary N) is 2. The molecule has 0 saturated heterocycles. The Morgan fingerprint density at radius 1 is 1.26 bits per heavy atom. The molecule has 0 heterocycles. The molecule has 2 aliphatic rings. The van der Waals surface area contributed by atoms with Crippen molar-refractivity contribution in [3.05, 3.63) is 24.3 Å². The lowest BCUT2D eigenvalue weighted by molar-refractivity contribution is 0.391. The maximum absolute atomic E-state index is 5.42. The fourth-order valence-corrected chi connectivity index (χ4v) is 3.76. The van der Waals surface area contributed by atoms with Gasteiger partial charge in [0, 0.05) is 6.04 Å². The van der Waals surface area contributed by atoms with Crippen LogP contribution in [0.25, 0.3) is 0 Å². The van der Waals surface area contributed by atoms with E-state index in [2.05, 4.69) is 10.6 Å². The highest BCUT2D eigenvalue weighted by Gasteiger charge is 2.39. The SMILES string of the molecule is COc1ccccc1NC(=S)N[C@H]1C[C@H]2CC[C@@H]1C2. The Bertz CT molecular complexity index is 477. The second-order valence-corrected chi connectivity index (χ2v) is 5.99. The van der Waals surface area contributed by atoms with Crippen LogP contribution in [0.4, 0.5) is 5.69 Å². The summed E-state index contributed by atoms with van der Waals surface area (Å²) in [6, 6.07) is 8.41. The molecular weight excluding hydrogens is 256 g/mol. The summed E-state index contributed by atoms with van der Waals surface area (Å²) in [6.07, 6.45) is 5.43. The molecule has 19 heavy (non-hydrogen) atoms. The van der Waals surface area contributed by atoms with Gasteiger partial charge in [-0.2, -0.15) is 0 Å². The minimum atomic E-state index is 0.563. The van der Waals surface area contributed by atoms with Crippen molar-refractivity contribution in [3.8, 4) is 5.75 Å². The van der Waals surface area contributed by atoms with E-state index in [0.717, 1.165) is 23.3 Å². The van der Waals surface area contributed by atoms with Gasteiger partial charge < -0.3 is 15.4 Å². The molecule has 2 N–H and O–H groups in total. The van der Waals surface area contributed by atoms with Gasteiger partial charge in [0.25, 0.3) is 0 Å². The Balaban J connectivity index is 1.59. The smallest absolute Gasteiger partial charge is 0.171 e. The zero-order valence-corrected chi connectivity index (χ0v) is 12.0. The van der Waals surface area contributed by atoms with Crippen molar-refractivity contribution in [1.82, 2.24) is 5.32 Å². The van der Waals surface area contributed by atoms with Crippen LogP contribution in [-0.2, 0) is 0 Å². The highest BCUT2D eigenvalue weighted by Crippen LogP contribution is 2.44. The van der Waals surface area contributed by atoms with E-state index in [9.17, 15) is 0 Å². The van der Waals surface area contributed by atoms with Gasteiger partial charge in [0.15, 0.2) is 5.11 Å². The van der Waals surface area contributed by atoms with Gasteiger partial charge in [-0.15, -0.1) is 0 Å². The average Bonchev–Trinajstić information content (AvgIpc) is 3.01. The Morgan fingerprint density at radius 2 is 2.11 bits per heavy atom. The summed E-state index contributed by atoms with van der Waals surface area (Å²) < 4.78 is 5.32. The largest absolute Gasteiger partial charge is 0.495 e. The van der Waals surface area contributed by atoms with Crippen LogP contribution in [0.3, 0.4) is 0 Å². The highest BCUT2D eigenvalue weighted by molar-refractivity contribution is 7.80. The first kappa shape index (κ1) is 12.7. The van der Waals surface area contributed by atoms with E-state index in [1.165, 1.54) is 25.7 Å². The van der Waals surface area contributed by atoms with Gasteiger partial charge >= 0.3 is 0 Å². The first-order chi connectivity index (χ1) is 9.26. The van der Waals surface area contributed by atoms with Crippen molar-refractivity contribution in [2.45, 2.75) is 31.7 Å². The maximum Gasteiger partial charge on any atom is 0.171 e. The number of rotatable bonds is 3. The fraction of sp³-hybridized carbons (Fsp3) is 0.533. The molecule has 0 radical (unpaired) electrons. The molecule has 3 nitrogen and oxygen atoms in total. The Hall–Kier alpha value is -1.29. The van der Waals surface area contributed by atoms with Gasteiger partial charge in [0.1, 0.15) is 5.75 Å². The fourth-order valence-electron chi connectivity index (χ4n) is 3.50. The van der Waals surface area contributed by atoms with Crippen LogP contribution in [0.5, 0.6) is 5.75 Å². The van der Waals surface area contributed by atoms with E-state index < -0.39 is 0 Å². The van der Waals surface area contributed by atoms with E-state index >= 15 is 0 Å². The summed E-state index contributed by atoms with van der Waals surface area (Å²) in [5.41, 5.74) is 0.922. The minimum Gasteiger partial charge on any atom is -0.495 e. The van der Waals surface area contributed by atoms with Gasteiger partial charge in [-0.25, -0.2) is 0 Å². The van der Waals surface area contributed by atoms with Crippen molar-refractivity contribution in [2.24, 2.45) is 11.8 Å². The molecule has 2 aliphatic carbocycles. The first-order valence-corrected chi connectivity index (χ1v) is 7.37. The third-order valence-corrected chi connectivity index (χ3v) is 4.63. The molecule has 2 bridgehead atoms. The van der Waals surface area contributed by atoms with E-state index in [0.29, 0.717) is 11.2 Å². The predicted octanol–water partition coefficient (Wildman–Crippen LogP) is 3.17. The number of hydrogen-bond acceptors (Lipinski definition) is 2. The van der Waals surface area contributed by atoms with Gasteiger partial charge in [-0.05, 0) is 55.4 Å². The molecule has 0 amide bonds. The average molecular weight is 276 g/mol. The molecular formula is C15H20N2OS. The summed E-state index contributed by atoms with van der Waals surface area (Å²) in [5, 5.41) is 7.43. The quantitative estimate of drug-likeness (QED) is 0.831. The van der Waals surface area contributed by atoms with Crippen LogP contribution >= 0.6 is 12.2 Å². The van der Waals surface area contributed by atoms with E-state index in [1.54, 1.807) is 7.11 Å². The molecule has 2 fully saturated rings. The van der Waals surface area contributed by atoms with Crippen molar-refractivity contribution in [3.63, 3.8) is 0 Å². The monoisotopic (exact) mass is 276 g/mol. The van der Waals surface area contributed by atoms with Crippen molar-refractivity contribution < 1.29 is 4.74 Å². The second-order valence-electron chi connectivity index (χ2n) is 5.58. The van der Waals surface area contributed by atoms with E-state index in [1.807, 2.05) is 24.3 Å². The summed E-state index contributed by atoms with van der Waals surface area (Å²) in [5.74, 6) is 2.57. The molecule has 0 spiro atoms. The summed E-state index contributed by atoms with van der Waals surface area (Å²) >= 11 is 5.42. The Kier molecular flexibility index (Phi) is 3.60. The summed E-state index contributed by atoms with van der Waals surface area (Å²) in [6.45, 7) is 0. The lowest BCUT2D eigenvalue weighted by atomic mass is 9.96. The lowest BCUT2D eigenvalue weighted by Gasteiger charge is -2.24. The zero-order chi connectivity index (χ0) is 13.2. The third-order valence-electron chi connectivity index (χ3n) is 4.41. The minimum absolute atomic E-state index is 0.563. The maximum atomic E-state index is 5.42. The highest BCUT2D eigenvalue weighted by atomic mass is 32.1. The number of hydrogen-bond donors (Lipinski definition) is 2. The van der Waals surface area contributed by atoms with Crippen LogP contribution in [0, 0.1) is 11.8 Å². The van der Waals surface area contributed by atoms with Crippen molar-refractivity contribution in [1.29, 1.82) is 0 Å². The van der Waals surface area contributed by atoms with Gasteiger partial charge in [0.05, 0.1) is 12.8 Å². The molecule has 0 aromatic heterocycles. The number of methoxy groups -OCH3 is 1. The lowest BCUT2D eigenvalue weighted by Crippen LogP contribution is -2.40. The van der Waals surface area contributed by atoms with Crippen LogP contribution in [-0.4, -0.2) is 18.3 Å². The van der Waals surface area contributed by atoms with E-state index in [4.69, 9.17) is 17.0 Å². The first-order valence-electron chi connectivity index (χ1n) is 6.97. The zero-order valence-electron chi connectivity index (χ0n) is 11.2. The third kappa shape index (κ3) is 2.68. The van der Waals surface area contributed by atoms with Crippen LogP contribution in [0.15, 0.2) is 24.3 Å². The summed E-state index contributed by atoms with van der Waals surface area (Å²) in [7, 11) is 1.67. The van der Waals surface area contributed by atoms with Crippen LogP contribution < -0.4 is 15.4 Å². The molecule has 0 unspecified atom stereocenters. The number of thiocarbonyl (C=S) groups is 1. The van der Waals surface area contributed by atoms with Crippen molar-refractivity contribution >= 4 is 23.0 Å². The number of anilines is 1. The second kappa shape index (κ2) is 5.37. The van der Waals surface area contributed by atoms with Gasteiger partial charge in [-0.1, -0.05) is 18.6 Å². The predicted molar refractivity (Wildman–Crippen MR) is 81.6 cm³/mol.